The summed E-state index contributed by atoms with van der Waals surface area (Å²) >= 11 is 0. The summed E-state index contributed by atoms with van der Waals surface area (Å²) in [6, 6.07) is 14.9. The van der Waals surface area contributed by atoms with Gasteiger partial charge in [0.1, 0.15) is 0 Å². The van der Waals surface area contributed by atoms with E-state index in [9.17, 15) is 4.79 Å². The number of benzene rings is 2. The van der Waals surface area contributed by atoms with Crippen LogP contribution in [0.2, 0.25) is 0 Å². The summed E-state index contributed by atoms with van der Waals surface area (Å²) < 4.78 is 11.1. The molecule has 0 unspecified atom stereocenters. The number of rotatable bonds is 9. The van der Waals surface area contributed by atoms with Gasteiger partial charge in [0.05, 0.1) is 26.2 Å². The van der Waals surface area contributed by atoms with E-state index in [1.54, 1.807) is 25.3 Å². The van der Waals surface area contributed by atoms with E-state index in [0.29, 0.717) is 30.2 Å². The average molecular weight is 364 g/mol. The fraction of sp³-hybridized carbons (Fsp3) is 0.273. The van der Waals surface area contributed by atoms with Crippen LogP contribution in [0.25, 0.3) is 6.08 Å². The van der Waals surface area contributed by atoms with E-state index in [1.165, 1.54) is 6.08 Å². The third-order valence-electron chi connectivity index (χ3n) is 3.87. The summed E-state index contributed by atoms with van der Waals surface area (Å²) in [4.78, 5) is 12.1. The molecule has 5 nitrogen and oxygen atoms in total. The van der Waals surface area contributed by atoms with Crippen molar-refractivity contribution in [1.29, 1.82) is 5.26 Å². The lowest BCUT2D eigenvalue weighted by atomic mass is 10.1. The van der Waals surface area contributed by atoms with Gasteiger partial charge in [0.25, 0.3) is 0 Å². The Bertz CT molecular complexity index is 820. The van der Waals surface area contributed by atoms with Crippen LogP contribution in [0.1, 0.15) is 30.9 Å². The molecule has 0 aliphatic carbocycles. The largest absolute Gasteiger partial charge is 0.493 e. The monoisotopic (exact) mass is 364 g/mol. The van der Waals surface area contributed by atoms with E-state index in [1.807, 2.05) is 30.3 Å². The van der Waals surface area contributed by atoms with Crippen molar-refractivity contribution in [1.82, 2.24) is 0 Å². The number of nitriles is 1. The van der Waals surface area contributed by atoms with Gasteiger partial charge in [-0.1, -0.05) is 31.5 Å². The van der Waals surface area contributed by atoms with Crippen molar-refractivity contribution in [2.24, 2.45) is 0 Å². The van der Waals surface area contributed by atoms with Crippen molar-refractivity contribution in [2.75, 3.05) is 19.0 Å². The van der Waals surface area contributed by atoms with Crippen LogP contribution in [0.15, 0.2) is 48.5 Å². The zero-order valence-corrected chi connectivity index (χ0v) is 15.7. The highest BCUT2D eigenvalue weighted by molar-refractivity contribution is 6.01. The molecule has 5 heteroatoms. The van der Waals surface area contributed by atoms with Gasteiger partial charge < -0.3 is 14.8 Å². The molecule has 0 aliphatic heterocycles. The number of anilines is 1. The SMILES string of the molecule is CCCCOc1ccc(/C=C/C(=O)Nc2ccc(CC#N)cc2)cc1OC. The molecular formula is C22H24N2O3. The lowest BCUT2D eigenvalue weighted by Gasteiger charge is -2.11. The molecule has 0 aromatic heterocycles. The van der Waals surface area contributed by atoms with Gasteiger partial charge in [0.15, 0.2) is 11.5 Å². The highest BCUT2D eigenvalue weighted by Gasteiger charge is 2.05. The van der Waals surface area contributed by atoms with Crippen LogP contribution in [0.5, 0.6) is 11.5 Å². The summed E-state index contributed by atoms with van der Waals surface area (Å²) in [6.07, 6.45) is 5.60. The van der Waals surface area contributed by atoms with Crippen molar-refractivity contribution in [2.45, 2.75) is 26.2 Å². The van der Waals surface area contributed by atoms with Crippen molar-refractivity contribution < 1.29 is 14.3 Å². The Balaban J connectivity index is 1.97. The molecule has 140 valence electrons. The first-order valence-corrected chi connectivity index (χ1v) is 8.92. The van der Waals surface area contributed by atoms with Crippen LogP contribution in [-0.2, 0) is 11.2 Å². The molecule has 0 spiro atoms. The number of hydrogen-bond donors (Lipinski definition) is 1. The summed E-state index contributed by atoms with van der Waals surface area (Å²) in [5.41, 5.74) is 2.44. The number of carbonyl (C=O) groups excluding carboxylic acids is 1. The van der Waals surface area contributed by atoms with E-state index in [-0.39, 0.29) is 5.91 Å². The zero-order valence-electron chi connectivity index (χ0n) is 15.7. The first-order chi connectivity index (χ1) is 13.2. The smallest absolute Gasteiger partial charge is 0.248 e. The first kappa shape index (κ1) is 20.1. The number of nitrogens with zero attached hydrogens (tertiary/aromatic N) is 1. The minimum absolute atomic E-state index is 0.231. The molecule has 0 atom stereocenters. The Labute approximate surface area is 160 Å². The second-order valence-electron chi connectivity index (χ2n) is 5.97. The van der Waals surface area contributed by atoms with E-state index in [4.69, 9.17) is 14.7 Å². The standard InChI is InChI=1S/C22H24N2O3/c1-3-4-15-27-20-11-7-18(16-21(20)26-2)8-12-22(25)24-19-9-5-17(6-10-19)13-14-23/h5-12,16H,3-4,13,15H2,1-2H3,(H,24,25)/b12-8+. The number of amides is 1. The quantitative estimate of drug-likeness (QED) is 0.522. The number of nitrogens with one attached hydrogen (secondary N) is 1. The minimum atomic E-state index is -0.231. The molecule has 2 aromatic rings. The van der Waals surface area contributed by atoms with E-state index >= 15 is 0 Å². The summed E-state index contributed by atoms with van der Waals surface area (Å²) in [5, 5.41) is 11.5. The number of methoxy groups -OCH3 is 1. The van der Waals surface area contributed by atoms with Crippen LogP contribution < -0.4 is 14.8 Å². The molecule has 0 aliphatic rings. The first-order valence-electron chi connectivity index (χ1n) is 8.92. The molecule has 0 bridgehead atoms. The highest BCUT2D eigenvalue weighted by Crippen LogP contribution is 2.28. The van der Waals surface area contributed by atoms with Gasteiger partial charge in [0, 0.05) is 11.8 Å². The molecule has 1 amide bonds. The Morgan fingerprint density at radius 1 is 1.19 bits per heavy atom. The van der Waals surface area contributed by atoms with E-state index < -0.39 is 0 Å². The zero-order chi connectivity index (χ0) is 19.5. The van der Waals surface area contributed by atoms with E-state index in [2.05, 4.69) is 18.3 Å². The predicted molar refractivity (Wildman–Crippen MR) is 107 cm³/mol. The van der Waals surface area contributed by atoms with E-state index in [0.717, 1.165) is 24.0 Å². The second kappa shape index (κ2) is 10.7. The number of unbranched alkanes of at least 4 members (excludes halogenated alkanes) is 1. The molecule has 0 radical (unpaired) electrons. The second-order valence-corrected chi connectivity index (χ2v) is 5.97. The molecule has 2 rings (SSSR count). The van der Waals surface area contributed by atoms with Crippen molar-refractivity contribution >= 4 is 17.7 Å². The molecule has 27 heavy (non-hydrogen) atoms. The van der Waals surface area contributed by atoms with Crippen LogP contribution >= 0.6 is 0 Å². The van der Waals surface area contributed by atoms with Gasteiger partial charge in [-0.15, -0.1) is 0 Å². The molecule has 1 N–H and O–H groups in total. The van der Waals surface area contributed by atoms with Gasteiger partial charge in [-0.3, -0.25) is 4.79 Å². The fourth-order valence-corrected chi connectivity index (χ4v) is 2.39. The van der Waals surface area contributed by atoms with Gasteiger partial charge >= 0.3 is 0 Å². The topological polar surface area (TPSA) is 71.3 Å². The Morgan fingerprint density at radius 3 is 2.63 bits per heavy atom. The third kappa shape index (κ3) is 6.52. The Hall–Kier alpha value is -3.26. The average Bonchev–Trinajstić information content (AvgIpc) is 2.69. The predicted octanol–water partition coefficient (Wildman–Crippen LogP) is 4.59. The summed E-state index contributed by atoms with van der Waals surface area (Å²) in [7, 11) is 1.60. The van der Waals surface area contributed by atoms with Crippen LogP contribution in [0.3, 0.4) is 0 Å². The molecule has 0 fully saturated rings. The van der Waals surface area contributed by atoms with Gasteiger partial charge in [-0.2, -0.15) is 5.26 Å². The molecule has 2 aromatic carbocycles. The van der Waals surface area contributed by atoms with Gasteiger partial charge in [0.2, 0.25) is 5.91 Å². The molecule has 0 heterocycles. The normalized spacial score (nSPS) is 10.4. The number of ether oxygens (including phenoxy) is 2. The Morgan fingerprint density at radius 2 is 1.96 bits per heavy atom. The number of hydrogen-bond acceptors (Lipinski definition) is 4. The van der Waals surface area contributed by atoms with Crippen LogP contribution in [-0.4, -0.2) is 19.6 Å². The minimum Gasteiger partial charge on any atom is -0.493 e. The maximum absolute atomic E-state index is 12.1. The third-order valence-corrected chi connectivity index (χ3v) is 3.87. The van der Waals surface area contributed by atoms with Crippen molar-refractivity contribution in [3.8, 4) is 17.6 Å². The van der Waals surface area contributed by atoms with Gasteiger partial charge in [-0.05, 0) is 47.9 Å². The number of carbonyl (C=O) groups is 1. The van der Waals surface area contributed by atoms with Crippen molar-refractivity contribution in [3.05, 3.63) is 59.7 Å². The van der Waals surface area contributed by atoms with Crippen LogP contribution in [0, 0.1) is 11.3 Å². The van der Waals surface area contributed by atoms with Crippen molar-refractivity contribution in [3.63, 3.8) is 0 Å². The maximum Gasteiger partial charge on any atom is 0.248 e. The van der Waals surface area contributed by atoms with Gasteiger partial charge in [-0.25, -0.2) is 0 Å². The fourth-order valence-electron chi connectivity index (χ4n) is 2.39. The highest BCUT2D eigenvalue weighted by atomic mass is 16.5. The molecular weight excluding hydrogens is 340 g/mol. The lowest BCUT2D eigenvalue weighted by Crippen LogP contribution is -2.07. The summed E-state index contributed by atoms with van der Waals surface area (Å²) in [5.74, 6) is 1.11. The Kier molecular flexibility index (Phi) is 7.92. The van der Waals surface area contributed by atoms with Crippen LogP contribution in [0.4, 0.5) is 5.69 Å². The molecule has 0 saturated carbocycles. The summed E-state index contributed by atoms with van der Waals surface area (Å²) in [6.45, 7) is 2.76. The molecule has 0 saturated heterocycles. The maximum atomic E-state index is 12.1. The lowest BCUT2D eigenvalue weighted by molar-refractivity contribution is -0.111.